The van der Waals surface area contributed by atoms with E-state index in [0.717, 1.165) is 40.0 Å². The molecule has 2 aromatic rings. The Bertz CT molecular complexity index is 883. The van der Waals surface area contributed by atoms with Crippen LogP contribution in [-0.4, -0.2) is 21.1 Å². The number of fused-ring (bicyclic) bond motifs is 1. The molecule has 1 aromatic carbocycles. The highest BCUT2D eigenvalue weighted by molar-refractivity contribution is 7.99. The number of thioether (sulfide) groups is 1. The number of halogens is 1. The van der Waals surface area contributed by atoms with Crippen molar-refractivity contribution in [2.24, 2.45) is 0 Å². The van der Waals surface area contributed by atoms with Gasteiger partial charge in [-0.25, -0.2) is 9.37 Å². The first-order valence-electron chi connectivity index (χ1n) is 8.24. The largest absolute Gasteiger partial charge is 0.379 e. The van der Waals surface area contributed by atoms with Gasteiger partial charge in [0.15, 0.2) is 5.16 Å². The molecular weight excluding hydrogens is 337 g/mol. The number of hydrogen-bond acceptors (Lipinski definition) is 4. The highest BCUT2D eigenvalue weighted by atomic mass is 32.2. The summed E-state index contributed by atoms with van der Waals surface area (Å²) in [5.74, 6) is 0.893. The van der Waals surface area contributed by atoms with Crippen LogP contribution < -0.4 is 5.32 Å². The average Bonchev–Trinajstić information content (AvgIpc) is 3.16. The zero-order chi connectivity index (χ0) is 17.4. The molecule has 3 heterocycles. The summed E-state index contributed by atoms with van der Waals surface area (Å²) in [6.07, 6.45) is 6.34. The van der Waals surface area contributed by atoms with E-state index in [0.29, 0.717) is 6.42 Å². The van der Waals surface area contributed by atoms with Crippen molar-refractivity contribution in [3.63, 3.8) is 0 Å². The second-order valence-corrected chi connectivity index (χ2v) is 7.30. The van der Waals surface area contributed by atoms with Crippen LogP contribution in [0.5, 0.6) is 0 Å². The predicted octanol–water partition coefficient (Wildman–Crippen LogP) is 3.86. The van der Waals surface area contributed by atoms with E-state index in [9.17, 15) is 9.18 Å². The van der Waals surface area contributed by atoms with Crippen LogP contribution in [0.3, 0.4) is 0 Å². The van der Waals surface area contributed by atoms with Gasteiger partial charge in [0.1, 0.15) is 11.6 Å². The molecule has 128 valence electrons. The lowest BCUT2D eigenvalue weighted by atomic mass is 9.99. The summed E-state index contributed by atoms with van der Waals surface area (Å²) in [7, 11) is 0. The van der Waals surface area contributed by atoms with E-state index in [4.69, 9.17) is 4.98 Å². The number of dihydropyridines is 1. The van der Waals surface area contributed by atoms with Gasteiger partial charge >= 0.3 is 0 Å². The quantitative estimate of drug-likeness (QED) is 0.905. The van der Waals surface area contributed by atoms with Crippen LogP contribution in [0.25, 0.3) is 11.3 Å². The third-order valence-electron chi connectivity index (χ3n) is 4.34. The van der Waals surface area contributed by atoms with Gasteiger partial charge in [-0.3, -0.25) is 4.79 Å². The summed E-state index contributed by atoms with van der Waals surface area (Å²) in [6, 6.07) is 6.39. The maximum atomic E-state index is 13.3. The fraction of sp³-hybridized carbons (Fsp3) is 0.263. The zero-order valence-electron chi connectivity index (χ0n) is 13.8. The first-order chi connectivity index (χ1) is 12.1. The fourth-order valence-electron chi connectivity index (χ4n) is 3.27. The molecule has 2 aliphatic heterocycles. The number of rotatable bonds is 4. The minimum atomic E-state index is -0.256. The standard InChI is InChI=1S/C19H18FN3OS/c1-12(24)10-13-6-7-21-16(11-13)18-17(14-2-4-15(20)5-3-14)22-19-23(18)8-9-25-19/h2-7,11,16,21H,8-10H2,1H3. The lowest BCUT2D eigenvalue weighted by Crippen LogP contribution is -2.21. The van der Waals surface area contributed by atoms with Gasteiger partial charge in [0, 0.05) is 24.3 Å². The Hall–Kier alpha value is -2.34. The van der Waals surface area contributed by atoms with Crippen molar-refractivity contribution in [2.45, 2.75) is 31.1 Å². The fourth-order valence-corrected chi connectivity index (χ4v) is 4.23. The van der Waals surface area contributed by atoms with Crippen LogP contribution in [0, 0.1) is 5.82 Å². The summed E-state index contributed by atoms with van der Waals surface area (Å²) < 4.78 is 15.5. The Morgan fingerprint density at radius 1 is 1.40 bits per heavy atom. The number of hydrogen-bond donors (Lipinski definition) is 1. The first-order valence-corrected chi connectivity index (χ1v) is 9.22. The summed E-state index contributed by atoms with van der Waals surface area (Å²) >= 11 is 1.73. The Morgan fingerprint density at radius 2 is 2.20 bits per heavy atom. The van der Waals surface area contributed by atoms with E-state index >= 15 is 0 Å². The number of ketones is 1. The zero-order valence-corrected chi connectivity index (χ0v) is 14.6. The molecule has 0 saturated carbocycles. The smallest absolute Gasteiger partial charge is 0.168 e. The van der Waals surface area contributed by atoms with E-state index in [1.807, 2.05) is 12.3 Å². The number of imidazole rings is 1. The molecule has 0 spiro atoms. The number of carbonyl (C=O) groups is 1. The van der Waals surface area contributed by atoms with Crippen molar-refractivity contribution in [3.05, 3.63) is 59.7 Å². The van der Waals surface area contributed by atoms with Gasteiger partial charge in [-0.05, 0) is 49.0 Å². The van der Waals surface area contributed by atoms with Crippen molar-refractivity contribution in [1.29, 1.82) is 0 Å². The summed E-state index contributed by atoms with van der Waals surface area (Å²) in [6.45, 7) is 2.50. The number of allylic oxidation sites excluding steroid dienone is 2. The lowest BCUT2D eigenvalue weighted by Gasteiger charge is -2.21. The van der Waals surface area contributed by atoms with E-state index in [-0.39, 0.29) is 17.6 Å². The molecule has 1 unspecified atom stereocenters. The van der Waals surface area contributed by atoms with Crippen molar-refractivity contribution < 1.29 is 9.18 Å². The SMILES string of the molecule is CC(=O)CC1=CC(c2c(-c3ccc(F)cc3)nc3n2CCS3)NC=C1. The number of nitrogens with zero attached hydrogens (tertiary/aromatic N) is 2. The molecule has 4 rings (SSSR count). The van der Waals surface area contributed by atoms with Crippen molar-refractivity contribution >= 4 is 17.5 Å². The number of benzene rings is 1. The van der Waals surface area contributed by atoms with Gasteiger partial charge in [-0.15, -0.1) is 0 Å². The monoisotopic (exact) mass is 355 g/mol. The molecular formula is C19H18FN3OS. The van der Waals surface area contributed by atoms with Crippen LogP contribution in [0.2, 0.25) is 0 Å². The molecule has 0 fully saturated rings. The first kappa shape index (κ1) is 16.1. The summed E-state index contributed by atoms with van der Waals surface area (Å²) in [5.41, 5.74) is 3.84. The van der Waals surface area contributed by atoms with E-state index in [2.05, 4.69) is 16.0 Å². The number of Topliss-reactive ketones (excluding diaryl/α,β-unsaturated/α-hetero) is 1. The highest BCUT2D eigenvalue weighted by Gasteiger charge is 2.27. The van der Waals surface area contributed by atoms with Crippen molar-refractivity contribution in [2.75, 3.05) is 5.75 Å². The molecule has 6 heteroatoms. The molecule has 0 radical (unpaired) electrons. The molecule has 4 nitrogen and oxygen atoms in total. The molecule has 25 heavy (non-hydrogen) atoms. The molecule has 2 aliphatic rings. The van der Waals surface area contributed by atoms with Crippen molar-refractivity contribution in [3.8, 4) is 11.3 Å². The highest BCUT2D eigenvalue weighted by Crippen LogP contribution is 2.37. The maximum absolute atomic E-state index is 13.3. The Labute approximate surface area is 149 Å². The number of nitrogens with one attached hydrogen (secondary N) is 1. The lowest BCUT2D eigenvalue weighted by molar-refractivity contribution is -0.116. The van der Waals surface area contributed by atoms with Crippen LogP contribution in [0.15, 0.2) is 53.3 Å². The third kappa shape index (κ3) is 3.14. The summed E-state index contributed by atoms with van der Waals surface area (Å²) in [5, 5.41) is 4.36. The van der Waals surface area contributed by atoms with Crippen molar-refractivity contribution in [1.82, 2.24) is 14.9 Å². The topological polar surface area (TPSA) is 46.9 Å². The molecule has 0 saturated heterocycles. The van der Waals surface area contributed by atoms with E-state index in [1.165, 1.54) is 12.1 Å². The average molecular weight is 355 g/mol. The second kappa shape index (κ2) is 6.52. The van der Waals surface area contributed by atoms with Gasteiger partial charge in [0.25, 0.3) is 0 Å². The molecule has 0 aliphatic carbocycles. The van der Waals surface area contributed by atoms with Crippen LogP contribution in [0.1, 0.15) is 25.1 Å². The predicted molar refractivity (Wildman–Crippen MR) is 96.7 cm³/mol. The van der Waals surface area contributed by atoms with Gasteiger partial charge in [0.05, 0.1) is 17.4 Å². The van der Waals surface area contributed by atoms with E-state index < -0.39 is 0 Å². The molecule has 1 aromatic heterocycles. The normalized spacial score (nSPS) is 18.6. The molecule has 0 bridgehead atoms. The number of carbonyl (C=O) groups excluding carboxylic acids is 1. The minimum Gasteiger partial charge on any atom is -0.379 e. The number of aromatic nitrogens is 2. The van der Waals surface area contributed by atoms with Crippen LogP contribution in [0.4, 0.5) is 4.39 Å². The maximum Gasteiger partial charge on any atom is 0.168 e. The minimum absolute atomic E-state index is 0.0562. The van der Waals surface area contributed by atoms with Crippen LogP contribution in [-0.2, 0) is 11.3 Å². The summed E-state index contributed by atoms with van der Waals surface area (Å²) in [4.78, 5) is 16.3. The third-order valence-corrected chi connectivity index (χ3v) is 5.29. The van der Waals surface area contributed by atoms with Gasteiger partial charge < -0.3 is 9.88 Å². The Balaban J connectivity index is 1.78. The Kier molecular flexibility index (Phi) is 4.21. The van der Waals surface area contributed by atoms with Gasteiger partial charge in [-0.2, -0.15) is 0 Å². The molecule has 1 N–H and O–H groups in total. The van der Waals surface area contributed by atoms with Crippen LogP contribution >= 0.6 is 11.8 Å². The van der Waals surface area contributed by atoms with E-state index in [1.54, 1.807) is 30.8 Å². The second-order valence-electron chi connectivity index (χ2n) is 6.23. The van der Waals surface area contributed by atoms with Gasteiger partial charge in [0.2, 0.25) is 0 Å². The molecule has 1 atom stereocenters. The molecule has 0 amide bonds. The van der Waals surface area contributed by atoms with Gasteiger partial charge in [-0.1, -0.05) is 17.8 Å². The Morgan fingerprint density at radius 3 is 2.96 bits per heavy atom.